The third kappa shape index (κ3) is 2.96. The first-order chi connectivity index (χ1) is 8.16. The largest absolute Gasteiger partial charge is 0.478 e. The minimum Gasteiger partial charge on any atom is -0.478 e. The van der Waals surface area contributed by atoms with Crippen LogP contribution in [0.1, 0.15) is 30.4 Å². The van der Waals surface area contributed by atoms with Crippen LogP contribution in [0.15, 0.2) is 35.9 Å². The van der Waals surface area contributed by atoms with Crippen molar-refractivity contribution in [2.45, 2.75) is 32.6 Å². The molecule has 0 amide bonds. The van der Waals surface area contributed by atoms with E-state index in [2.05, 4.69) is 25.1 Å². The number of benzene rings is 1. The Balaban J connectivity index is 2.13. The quantitative estimate of drug-likeness (QED) is 0.808. The van der Waals surface area contributed by atoms with E-state index in [0.29, 0.717) is 5.92 Å². The maximum Gasteiger partial charge on any atom is 0.328 e. The number of carboxylic acids is 1. The van der Waals surface area contributed by atoms with Crippen LogP contribution in [-0.4, -0.2) is 11.1 Å². The molecule has 0 spiro atoms. The molecule has 0 saturated heterocycles. The van der Waals surface area contributed by atoms with Crippen LogP contribution in [0.2, 0.25) is 0 Å². The van der Waals surface area contributed by atoms with Crippen LogP contribution in [0.25, 0.3) is 0 Å². The summed E-state index contributed by atoms with van der Waals surface area (Å²) in [6, 6.07) is 8.36. The summed E-state index contributed by atoms with van der Waals surface area (Å²) >= 11 is 0. The molecule has 1 aliphatic carbocycles. The predicted molar refractivity (Wildman–Crippen MR) is 67.9 cm³/mol. The van der Waals surface area contributed by atoms with Gasteiger partial charge in [-0.2, -0.15) is 0 Å². The van der Waals surface area contributed by atoms with Gasteiger partial charge in [0.25, 0.3) is 0 Å². The molecular weight excluding hydrogens is 212 g/mol. The Kier molecular flexibility index (Phi) is 3.62. The van der Waals surface area contributed by atoms with Gasteiger partial charge in [-0.3, -0.25) is 0 Å². The molecule has 90 valence electrons. The molecule has 2 rings (SSSR count). The van der Waals surface area contributed by atoms with Crippen LogP contribution in [0.3, 0.4) is 0 Å². The lowest BCUT2D eigenvalue weighted by Gasteiger charge is -2.13. The van der Waals surface area contributed by atoms with Crippen molar-refractivity contribution in [3.63, 3.8) is 0 Å². The van der Waals surface area contributed by atoms with E-state index in [1.54, 1.807) is 0 Å². The van der Waals surface area contributed by atoms with Crippen molar-refractivity contribution >= 4 is 5.97 Å². The number of allylic oxidation sites excluding steroid dienone is 1. The zero-order chi connectivity index (χ0) is 12.3. The number of carboxylic acid groups (broad SMARTS) is 1. The summed E-state index contributed by atoms with van der Waals surface area (Å²) in [5.41, 5.74) is 3.76. The first-order valence-electron chi connectivity index (χ1n) is 6.14. The number of aliphatic carboxylic acids is 1. The van der Waals surface area contributed by atoms with Gasteiger partial charge >= 0.3 is 5.97 Å². The molecule has 0 aliphatic heterocycles. The third-order valence-corrected chi connectivity index (χ3v) is 3.58. The molecule has 1 aliphatic rings. The molecule has 1 aromatic carbocycles. The Morgan fingerprint density at radius 2 is 2.24 bits per heavy atom. The van der Waals surface area contributed by atoms with E-state index in [1.165, 1.54) is 17.2 Å². The number of hydrogen-bond acceptors (Lipinski definition) is 1. The highest BCUT2D eigenvalue weighted by Gasteiger charge is 2.22. The van der Waals surface area contributed by atoms with Gasteiger partial charge in [-0.25, -0.2) is 4.79 Å². The molecule has 1 atom stereocenters. The Hall–Kier alpha value is -1.57. The van der Waals surface area contributed by atoms with Crippen LogP contribution in [0.5, 0.6) is 0 Å². The van der Waals surface area contributed by atoms with E-state index >= 15 is 0 Å². The van der Waals surface area contributed by atoms with Crippen LogP contribution >= 0.6 is 0 Å². The second-order valence-corrected chi connectivity index (χ2v) is 4.78. The van der Waals surface area contributed by atoms with E-state index in [0.717, 1.165) is 31.3 Å². The molecule has 1 unspecified atom stereocenters. The van der Waals surface area contributed by atoms with Gasteiger partial charge in [0.1, 0.15) is 0 Å². The Bertz CT molecular complexity index is 446. The van der Waals surface area contributed by atoms with Crippen LogP contribution < -0.4 is 0 Å². The summed E-state index contributed by atoms with van der Waals surface area (Å²) in [5, 5.41) is 8.84. The van der Waals surface area contributed by atoms with Crippen molar-refractivity contribution < 1.29 is 9.90 Å². The van der Waals surface area contributed by atoms with Crippen LogP contribution in [0, 0.1) is 12.8 Å². The fourth-order valence-corrected chi connectivity index (χ4v) is 2.63. The SMILES string of the molecule is Cc1ccccc1CC1CCC/C1=C\C(=O)O. The molecule has 1 N–H and O–H groups in total. The lowest BCUT2D eigenvalue weighted by Crippen LogP contribution is -2.05. The summed E-state index contributed by atoms with van der Waals surface area (Å²) in [7, 11) is 0. The molecule has 0 radical (unpaired) electrons. The summed E-state index contributed by atoms with van der Waals surface area (Å²) in [4.78, 5) is 10.7. The van der Waals surface area contributed by atoms with Gasteiger partial charge in [0.05, 0.1) is 0 Å². The van der Waals surface area contributed by atoms with Crippen molar-refractivity contribution in [1.29, 1.82) is 0 Å². The van der Waals surface area contributed by atoms with E-state index in [-0.39, 0.29) is 0 Å². The molecule has 1 saturated carbocycles. The highest BCUT2D eigenvalue weighted by atomic mass is 16.4. The first-order valence-corrected chi connectivity index (χ1v) is 6.14. The molecule has 2 nitrogen and oxygen atoms in total. The third-order valence-electron chi connectivity index (χ3n) is 3.58. The first kappa shape index (κ1) is 11.9. The van der Waals surface area contributed by atoms with E-state index in [9.17, 15) is 4.79 Å². The van der Waals surface area contributed by atoms with Gasteiger partial charge in [-0.05, 0) is 49.7 Å². The molecular formula is C15H18O2. The number of hydrogen-bond donors (Lipinski definition) is 1. The average Bonchev–Trinajstić information content (AvgIpc) is 2.68. The van der Waals surface area contributed by atoms with E-state index in [1.807, 2.05) is 6.07 Å². The van der Waals surface area contributed by atoms with Gasteiger partial charge in [0.15, 0.2) is 0 Å². The summed E-state index contributed by atoms with van der Waals surface area (Å²) in [6.45, 7) is 2.12. The van der Waals surface area contributed by atoms with Gasteiger partial charge in [-0.1, -0.05) is 29.8 Å². The number of aryl methyl sites for hydroxylation is 1. The topological polar surface area (TPSA) is 37.3 Å². The van der Waals surface area contributed by atoms with Gasteiger partial charge in [0.2, 0.25) is 0 Å². The highest BCUT2D eigenvalue weighted by molar-refractivity contribution is 5.80. The summed E-state index contributed by atoms with van der Waals surface area (Å²) in [5.74, 6) is -0.385. The van der Waals surface area contributed by atoms with Crippen molar-refractivity contribution in [3.05, 3.63) is 47.0 Å². The molecule has 0 bridgehead atoms. The molecule has 1 aromatic rings. The normalized spacial score (nSPS) is 21.9. The second kappa shape index (κ2) is 5.17. The molecule has 2 heteroatoms. The minimum absolute atomic E-state index is 0.423. The lowest BCUT2D eigenvalue weighted by molar-refractivity contribution is -0.131. The molecule has 0 aromatic heterocycles. The fraction of sp³-hybridized carbons (Fsp3) is 0.400. The van der Waals surface area contributed by atoms with Gasteiger partial charge < -0.3 is 5.11 Å². The van der Waals surface area contributed by atoms with Crippen LogP contribution in [-0.2, 0) is 11.2 Å². The van der Waals surface area contributed by atoms with Crippen molar-refractivity contribution in [3.8, 4) is 0 Å². The summed E-state index contributed by atoms with van der Waals surface area (Å²) < 4.78 is 0. The van der Waals surface area contributed by atoms with Crippen LogP contribution in [0.4, 0.5) is 0 Å². The zero-order valence-electron chi connectivity index (χ0n) is 10.1. The average molecular weight is 230 g/mol. The zero-order valence-corrected chi connectivity index (χ0v) is 10.1. The van der Waals surface area contributed by atoms with Crippen molar-refractivity contribution in [1.82, 2.24) is 0 Å². The molecule has 0 heterocycles. The lowest BCUT2D eigenvalue weighted by atomic mass is 9.92. The van der Waals surface area contributed by atoms with E-state index in [4.69, 9.17) is 5.11 Å². The molecule has 17 heavy (non-hydrogen) atoms. The Morgan fingerprint density at radius 3 is 2.94 bits per heavy atom. The van der Waals surface area contributed by atoms with Gasteiger partial charge in [0, 0.05) is 6.08 Å². The van der Waals surface area contributed by atoms with E-state index < -0.39 is 5.97 Å². The van der Waals surface area contributed by atoms with Crippen molar-refractivity contribution in [2.75, 3.05) is 0 Å². The number of carbonyl (C=O) groups is 1. The summed E-state index contributed by atoms with van der Waals surface area (Å²) in [6.07, 6.45) is 5.58. The standard InChI is InChI=1S/C15H18O2/c1-11-5-2-3-6-12(11)9-13-7-4-8-14(13)10-15(16)17/h2-3,5-6,10,13H,4,7-9H2,1H3,(H,16,17)/b14-10+. The Labute approximate surface area is 102 Å². The Morgan fingerprint density at radius 1 is 1.47 bits per heavy atom. The maximum absolute atomic E-state index is 10.7. The second-order valence-electron chi connectivity index (χ2n) is 4.78. The smallest absolute Gasteiger partial charge is 0.328 e. The maximum atomic E-state index is 10.7. The van der Waals surface area contributed by atoms with Crippen molar-refractivity contribution in [2.24, 2.45) is 5.92 Å². The highest BCUT2D eigenvalue weighted by Crippen LogP contribution is 2.34. The number of rotatable bonds is 3. The minimum atomic E-state index is -0.809. The van der Waals surface area contributed by atoms with Gasteiger partial charge in [-0.15, -0.1) is 0 Å². The molecule has 1 fully saturated rings. The predicted octanol–water partition coefficient (Wildman–Crippen LogP) is 3.35. The monoisotopic (exact) mass is 230 g/mol. The fourth-order valence-electron chi connectivity index (χ4n) is 2.63.